The molecule has 0 radical (unpaired) electrons. The third-order valence-electron chi connectivity index (χ3n) is 5.11. The number of piperidine rings is 1. The van der Waals surface area contributed by atoms with Crippen LogP contribution in [0.3, 0.4) is 0 Å². The van der Waals surface area contributed by atoms with Crippen LogP contribution in [0, 0.1) is 5.92 Å². The van der Waals surface area contributed by atoms with Gasteiger partial charge in [-0.3, -0.25) is 9.59 Å². The summed E-state index contributed by atoms with van der Waals surface area (Å²) in [6.45, 7) is 0.831. The van der Waals surface area contributed by atoms with Gasteiger partial charge in [0.1, 0.15) is 6.04 Å². The average Bonchev–Trinajstić information content (AvgIpc) is 2.83. The van der Waals surface area contributed by atoms with Gasteiger partial charge in [-0.05, 0) is 24.5 Å². The molecule has 1 fully saturated rings. The van der Waals surface area contributed by atoms with Gasteiger partial charge in [0.2, 0.25) is 5.95 Å². The number of aromatic nitrogens is 2. The SMILES string of the molecule is COC(=O)C(Cc1ccccc1)NC(=O)COC(=O)C1CCN(c2ncccn2)CC1. The Labute approximate surface area is 180 Å². The summed E-state index contributed by atoms with van der Waals surface area (Å²) in [6, 6.07) is 10.2. The first-order chi connectivity index (χ1) is 15.1. The number of amides is 1. The van der Waals surface area contributed by atoms with Crippen LogP contribution < -0.4 is 10.2 Å². The summed E-state index contributed by atoms with van der Waals surface area (Å²) >= 11 is 0. The van der Waals surface area contributed by atoms with Crippen molar-refractivity contribution in [3.8, 4) is 0 Å². The molecule has 1 unspecified atom stereocenters. The van der Waals surface area contributed by atoms with Crippen molar-refractivity contribution in [1.29, 1.82) is 0 Å². The smallest absolute Gasteiger partial charge is 0.328 e. The average molecular weight is 426 g/mol. The number of ether oxygens (including phenoxy) is 2. The normalized spacial score (nSPS) is 15.1. The number of methoxy groups -OCH3 is 1. The van der Waals surface area contributed by atoms with Crippen LogP contribution in [0.5, 0.6) is 0 Å². The summed E-state index contributed by atoms with van der Waals surface area (Å²) in [6.07, 6.45) is 4.84. The minimum absolute atomic E-state index is 0.284. The van der Waals surface area contributed by atoms with Gasteiger partial charge in [-0.25, -0.2) is 14.8 Å². The fourth-order valence-corrected chi connectivity index (χ4v) is 3.45. The molecule has 0 saturated carbocycles. The summed E-state index contributed by atoms with van der Waals surface area (Å²) in [4.78, 5) is 47.1. The van der Waals surface area contributed by atoms with Crippen LogP contribution >= 0.6 is 0 Å². The maximum absolute atomic E-state index is 12.4. The van der Waals surface area contributed by atoms with E-state index in [4.69, 9.17) is 9.47 Å². The zero-order valence-corrected chi connectivity index (χ0v) is 17.4. The summed E-state index contributed by atoms with van der Waals surface area (Å²) in [5.41, 5.74) is 0.879. The van der Waals surface area contributed by atoms with E-state index in [0.717, 1.165) is 5.56 Å². The number of hydrogen-bond acceptors (Lipinski definition) is 8. The van der Waals surface area contributed by atoms with Gasteiger partial charge in [0.15, 0.2) is 6.61 Å². The standard InChI is InChI=1S/C22H26N4O5/c1-30-21(29)18(14-16-6-3-2-4-7-16)25-19(27)15-31-20(28)17-8-12-26(13-9-17)22-23-10-5-11-24-22/h2-7,10-11,17-18H,8-9,12-15H2,1H3,(H,25,27). The molecular formula is C22H26N4O5. The molecule has 1 aromatic carbocycles. The molecule has 2 heterocycles. The molecule has 164 valence electrons. The van der Waals surface area contributed by atoms with Gasteiger partial charge in [-0.1, -0.05) is 30.3 Å². The van der Waals surface area contributed by atoms with E-state index in [2.05, 4.69) is 15.3 Å². The minimum atomic E-state index is -0.854. The quantitative estimate of drug-likeness (QED) is 0.626. The number of rotatable bonds is 8. The highest BCUT2D eigenvalue weighted by Crippen LogP contribution is 2.21. The molecule has 1 N–H and O–H groups in total. The number of nitrogens with one attached hydrogen (secondary N) is 1. The first-order valence-electron chi connectivity index (χ1n) is 10.2. The summed E-state index contributed by atoms with van der Waals surface area (Å²) in [7, 11) is 1.26. The molecule has 9 heteroatoms. The zero-order valence-electron chi connectivity index (χ0n) is 17.4. The van der Waals surface area contributed by atoms with Gasteiger partial charge in [-0.15, -0.1) is 0 Å². The second kappa shape index (κ2) is 11.1. The molecule has 0 aliphatic carbocycles. The Balaban J connectivity index is 1.44. The topological polar surface area (TPSA) is 111 Å². The molecule has 1 aromatic heterocycles. The molecule has 9 nitrogen and oxygen atoms in total. The highest BCUT2D eigenvalue weighted by atomic mass is 16.5. The van der Waals surface area contributed by atoms with E-state index in [9.17, 15) is 14.4 Å². The molecule has 3 rings (SSSR count). The molecule has 2 aromatic rings. The first kappa shape index (κ1) is 22.2. The van der Waals surface area contributed by atoms with Gasteiger partial charge in [-0.2, -0.15) is 0 Å². The van der Waals surface area contributed by atoms with E-state index >= 15 is 0 Å². The van der Waals surface area contributed by atoms with E-state index in [1.54, 1.807) is 18.5 Å². The van der Waals surface area contributed by atoms with E-state index in [1.807, 2.05) is 35.2 Å². The second-order valence-corrected chi connectivity index (χ2v) is 7.25. The van der Waals surface area contributed by atoms with Crippen molar-refractivity contribution >= 4 is 23.8 Å². The van der Waals surface area contributed by atoms with Gasteiger partial charge in [0.05, 0.1) is 13.0 Å². The van der Waals surface area contributed by atoms with Gasteiger partial charge < -0.3 is 19.7 Å². The molecule has 1 aliphatic heterocycles. The Bertz CT molecular complexity index is 870. The Morgan fingerprint density at radius 3 is 2.42 bits per heavy atom. The van der Waals surface area contributed by atoms with E-state index < -0.39 is 30.5 Å². The second-order valence-electron chi connectivity index (χ2n) is 7.25. The fourth-order valence-electron chi connectivity index (χ4n) is 3.45. The predicted octanol–water partition coefficient (Wildman–Crippen LogP) is 1.14. The Kier molecular flexibility index (Phi) is 7.91. The highest BCUT2D eigenvalue weighted by molar-refractivity contribution is 5.86. The molecule has 31 heavy (non-hydrogen) atoms. The number of nitrogens with zero attached hydrogens (tertiary/aromatic N) is 3. The lowest BCUT2D eigenvalue weighted by atomic mass is 9.97. The van der Waals surface area contributed by atoms with Crippen LogP contribution in [-0.4, -0.2) is 60.7 Å². The monoisotopic (exact) mass is 426 g/mol. The predicted molar refractivity (Wildman–Crippen MR) is 112 cm³/mol. The Hall–Kier alpha value is -3.49. The zero-order chi connectivity index (χ0) is 22.1. The number of benzene rings is 1. The molecule has 0 bridgehead atoms. The highest BCUT2D eigenvalue weighted by Gasteiger charge is 2.28. The molecule has 1 saturated heterocycles. The Morgan fingerprint density at radius 2 is 1.77 bits per heavy atom. The van der Waals surface area contributed by atoms with Crippen LogP contribution in [0.15, 0.2) is 48.8 Å². The van der Waals surface area contributed by atoms with Gasteiger partial charge in [0.25, 0.3) is 5.91 Å². The van der Waals surface area contributed by atoms with Crippen LogP contribution in [0.25, 0.3) is 0 Å². The van der Waals surface area contributed by atoms with Crippen molar-refractivity contribution in [3.05, 3.63) is 54.4 Å². The Morgan fingerprint density at radius 1 is 1.10 bits per heavy atom. The van der Waals surface area contributed by atoms with E-state index in [0.29, 0.717) is 31.9 Å². The molecule has 1 atom stereocenters. The van der Waals surface area contributed by atoms with Crippen molar-refractivity contribution in [2.75, 3.05) is 31.7 Å². The number of carbonyl (C=O) groups excluding carboxylic acids is 3. The van der Waals surface area contributed by atoms with Gasteiger partial charge >= 0.3 is 11.9 Å². The van der Waals surface area contributed by atoms with E-state index in [1.165, 1.54) is 7.11 Å². The number of anilines is 1. The maximum Gasteiger partial charge on any atom is 0.328 e. The summed E-state index contributed by atoms with van der Waals surface area (Å²) < 4.78 is 9.97. The molecular weight excluding hydrogens is 400 g/mol. The number of hydrogen-bond donors (Lipinski definition) is 1. The van der Waals surface area contributed by atoms with Crippen molar-refractivity contribution in [1.82, 2.24) is 15.3 Å². The van der Waals surface area contributed by atoms with Crippen LogP contribution in [0.2, 0.25) is 0 Å². The first-order valence-corrected chi connectivity index (χ1v) is 10.2. The van der Waals surface area contributed by atoms with Gasteiger partial charge in [0, 0.05) is 31.9 Å². The lowest BCUT2D eigenvalue weighted by molar-refractivity contribution is -0.154. The largest absolute Gasteiger partial charge is 0.467 e. The van der Waals surface area contributed by atoms with Crippen molar-refractivity contribution in [3.63, 3.8) is 0 Å². The van der Waals surface area contributed by atoms with E-state index in [-0.39, 0.29) is 12.3 Å². The van der Waals surface area contributed by atoms with Crippen LogP contribution in [0.4, 0.5) is 5.95 Å². The maximum atomic E-state index is 12.4. The minimum Gasteiger partial charge on any atom is -0.467 e. The lowest BCUT2D eigenvalue weighted by Gasteiger charge is -2.30. The summed E-state index contributed by atoms with van der Waals surface area (Å²) in [5.74, 6) is -1.16. The van der Waals surface area contributed by atoms with Crippen molar-refractivity contribution < 1.29 is 23.9 Å². The van der Waals surface area contributed by atoms with Crippen LogP contribution in [0.1, 0.15) is 18.4 Å². The molecule has 1 amide bonds. The van der Waals surface area contributed by atoms with Crippen LogP contribution in [-0.2, 0) is 30.3 Å². The van der Waals surface area contributed by atoms with Crippen molar-refractivity contribution in [2.45, 2.75) is 25.3 Å². The van der Waals surface area contributed by atoms with Crippen molar-refractivity contribution in [2.24, 2.45) is 5.92 Å². The summed E-state index contributed by atoms with van der Waals surface area (Å²) in [5, 5.41) is 2.59. The fraction of sp³-hybridized carbons (Fsp3) is 0.409. The third kappa shape index (κ3) is 6.50. The number of carbonyl (C=O) groups is 3. The molecule has 1 aliphatic rings. The lowest BCUT2D eigenvalue weighted by Crippen LogP contribution is -2.45. The third-order valence-corrected chi connectivity index (χ3v) is 5.11. The molecule has 0 spiro atoms. The number of esters is 2.